The second-order valence-electron chi connectivity index (χ2n) is 9.70. The Bertz CT molecular complexity index is 1700. The molecule has 2 atom stereocenters. The molecule has 3 aromatic rings. The Hall–Kier alpha value is -2.93. The van der Waals surface area contributed by atoms with Crippen molar-refractivity contribution in [1.82, 2.24) is 0 Å². The Labute approximate surface area is 224 Å². The fourth-order valence-corrected chi connectivity index (χ4v) is 9.76. The molecule has 0 aromatic heterocycles. The van der Waals surface area contributed by atoms with Crippen LogP contribution < -0.4 is 9.03 Å². The molecule has 12 heteroatoms. The molecule has 0 amide bonds. The largest absolute Gasteiger partial charge is 0.390 e. The lowest BCUT2D eigenvalue weighted by Gasteiger charge is -2.32. The Morgan fingerprint density at radius 3 is 1.79 bits per heavy atom. The number of sulfone groups is 1. The van der Waals surface area contributed by atoms with Crippen molar-refractivity contribution in [3.63, 3.8) is 0 Å². The molecular weight excluding hydrogens is 548 g/mol. The highest BCUT2D eigenvalue weighted by molar-refractivity contribution is 7.93. The third-order valence-corrected chi connectivity index (χ3v) is 11.7. The number of sulfonamides is 2. The van der Waals surface area contributed by atoms with E-state index >= 15 is 0 Å². The fraction of sp³-hybridized carbons (Fsp3) is 0.308. The number of nitrogens with zero attached hydrogens (tertiary/aromatic N) is 1. The van der Waals surface area contributed by atoms with Crippen LogP contribution in [0.2, 0.25) is 0 Å². The SMILES string of the molecule is Cc1ccc(S(=O)(=O)Nc2ccc(N([C@@H]3CS(=O)(=O)C[C@H]3O)S(=O)(=O)c3ccc(C)cc3C)cc2)c(C)c1. The number of aliphatic hydroxyl groups excluding tert-OH is 1. The Morgan fingerprint density at radius 1 is 0.789 bits per heavy atom. The van der Waals surface area contributed by atoms with Gasteiger partial charge in [0.2, 0.25) is 0 Å². The number of rotatable bonds is 7. The molecule has 204 valence electrons. The number of hydrogen-bond acceptors (Lipinski definition) is 7. The minimum atomic E-state index is -4.30. The molecule has 1 heterocycles. The van der Waals surface area contributed by atoms with E-state index in [9.17, 15) is 30.4 Å². The summed E-state index contributed by atoms with van der Waals surface area (Å²) in [7, 11) is -11.9. The molecule has 1 saturated heterocycles. The van der Waals surface area contributed by atoms with Crippen LogP contribution in [0.4, 0.5) is 11.4 Å². The number of aliphatic hydroxyl groups is 1. The van der Waals surface area contributed by atoms with Gasteiger partial charge in [-0.2, -0.15) is 0 Å². The molecular formula is C26H30N2O7S3. The number of aryl methyl sites for hydroxylation is 4. The van der Waals surface area contributed by atoms with Crippen molar-refractivity contribution in [1.29, 1.82) is 0 Å². The molecule has 9 nitrogen and oxygen atoms in total. The highest BCUT2D eigenvalue weighted by atomic mass is 32.2. The number of nitrogens with one attached hydrogen (secondary N) is 1. The molecule has 2 N–H and O–H groups in total. The van der Waals surface area contributed by atoms with Crippen molar-refractivity contribution in [2.45, 2.75) is 49.6 Å². The van der Waals surface area contributed by atoms with Gasteiger partial charge in [-0.3, -0.25) is 9.03 Å². The zero-order chi connectivity index (χ0) is 28.0. The molecule has 0 unspecified atom stereocenters. The van der Waals surface area contributed by atoms with Gasteiger partial charge in [-0.1, -0.05) is 35.4 Å². The summed E-state index contributed by atoms with van der Waals surface area (Å²) in [6, 6.07) is 14.1. The standard InChI is InChI=1S/C26H30N2O7S3/c1-17-5-11-25(19(3)13-17)37(32,33)27-21-7-9-22(10-8-21)28(23-15-36(30,31)16-24(23)29)38(34,35)26-12-6-18(2)14-20(26)4/h5-14,23-24,27,29H,15-16H2,1-4H3/t23-,24-/m1/s1. The van der Waals surface area contributed by atoms with Crippen LogP contribution in [0, 0.1) is 27.7 Å². The summed E-state index contributed by atoms with van der Waals surface area (Å²) in [5, 5.41) is 10.6. The van der Waals surface area contributed by atoms with Gasteiger partial charge in [0, 0.05) is 5.69 Å². The first kappa shape index (κ1) is 28.1. The van der Waals surface area contributed by atoms with Crippen LogP contribution in [0.5, 0.6) is 0 Å². The van der Waals surface area contributed by atoms with Gasteiger partial charge in [0.15, 0.2) is 9.84 Å². The van der Waals surface area contributed by atoms with E-state index in [1.54, 1.807) is 38.1 Å². The minimum absolute atomic E-state index is 0.0146. The highest BCUT2D eigenvalue weighted by Gasteiger charge is 2.45. The third kappa shape index (κ3) is 5.58. The first-order chi connectivity index (χ1) is 17.6. The summed E-state index contributed by atoms with van der Waals surface area (Å²) < 4.78 is 81.7. The first-order valence-electron chi connectivity index (χ1n) is 11.8. The van der Waals surface area contributed by atoms with Gasteiger partial charge < -0.3 is 5.11 Å². The average Bonchev–Trinajstić information content (AvgIpc) is 3.05. The summed E-state index contributed by atoms with van der Waals surface area (Å²) in [5.74, 6) is -1.09. The normalized spacial score (nSPS) is 19.3. The van der Waals surface area contributed by atoms with Crippen molar-refractivity contribution in [3.05, 3.63) is 82.9 Å². The molecule has 0 saturated carbocycles. The van der Waals surface area contributed by atoms with Crippen LogP contribution in [0.15, 0.2) is 70.5 Å². The van der Waals surface area contributed by atoms with Crippen LogP contribution >= 0.6 is 0 Å². The maximum atomic E-state index is 13.9. The van der Waals surface area contributed by atoms with Gasteiger partial charge >= 0.3 is 0 Å². The van der Waals surface area contributed by atoms with Crippen LogP contribution in [0.25, 0.3) is 0 Å². The smallest absolute Gasteiger partial charge is 0.264 e. The highest BCUT2D eigenvalue weighted by Crippen LogP contribution is 2.33. The maximum Gasteiger partial charge on any atom is 0.264 e. The van der Waals surface area contributed by atoms with E-state index in [1.807, 2.05) is 13.8 Å². The molecule has 0 aliphatic carbocycles. The summed E-state index contributed by atoms with van der Waals surface area (Å²) in [6.07, 6.45) is -1.43. The quantitative estimate of drug-likeness (QED) is 0.439. The van der Waals surface area contributed by atoms with Gasteiger partial charge in [0.1, 0.15) is 0 Å². The lowest BCUT2D eigenvalue weighted by Crippen LogP contribution is -2.47. The average molecular weight is 579 g/mol. The zero-order valence-corrected chi connectivity index (χ0v) is 23.9. The van der Waals surface area contributed by atoms with E-state index in [4.69, 9.17) is 0 Å². The number of benzene rings is 3. The number of hydrogen-bond donors (Lipinski definition) is 2. The van der Waals surface area contributed by atoms with Crippen molar-refractivity contribution < 1.29 is 30.4 Å². The van der Waals surface area contributed by atoms with Crippen LogP contribution in [-0.2, 0) is 29.9 Å². The zero-order valence-electron chi connectivity index (χ0n) is 21.4. The summed E-state index contributed by atoms with van der Waals surface area (Å²) in [6.45, 7) is 7.03. The maximum absolute atomic E-state index is 13.9. The van der Waals surface area contributed by atoms with E-state index < -0.39 is 53.5 Å². The van der Waals surface area contributed by atoms with E-state index in [0.29, 0.717) is 11.1 Å². The van der Waals surface area contributed by atoms with Crippen LogP contribution in [0.3, 0.4) is 0 Å². The van der Waals surface area contributed by atoms with Crippen molar-refractivity contribution in [2.75, 3.05) is 20.5 Å². The summed E-state index contributed by atoms with van der Waals surface area (Å²) in [5.41, 5.74) is 3.13. The molecule has 0 bridgehead atoms. The molecule has 0 radical (unpaired) electrons. The Balaban J connectivity index is 1.74. The molecule has 1 aliphatic heterocycles. The topological polar surface area (TPSA) is 138 Å². The Morgan fingerprint density at radius 2 is 1.32 bits per heavy atom. The molecule has 0 spiro atoms. The summed E-state index contributed by atoms with van der Waals surface area (Å²) >= 11 is 0. The van der Waals surface area contributed by atoms with Gasteiger partial charge in [0.25, 0.3) is 20.0 Å². The molecule has 1 fully saturated rings. The molecule has 3 aromatic carbocycles. The summed E-state index contributed by atoms with van der Waals surface area (Å²) in [4.78, 5) is 0.102. The molecule has 4 rings (SSSR count). The van der Waals surface area contributed by atoms with Gasteiger partial charge in [-0.05, 0) is 75.2 Å². The van der Waals surface area contributed by atoms with E-state index in [-0.39, 0.29) is 21.2 Å². The minimum Gasteiger partial charge on any atom is -0.390 e. The lowest BCUT2D eigenvalue weighted by atomic mass is 10.2. The first-order valence-corrected chi connectivity index (χ1v) is 16.6. The molecule has 38 heavy (non-hydrogen) atoms. The van der Waals surface area contributed by atoms with E-state index in [2.05, 4.69) is 4.72 Å². The predicted molar refractivity (Wildman–Crippen MR) is 147 cm³/mol. The number of anilines is 2. The fourth-order valence-electron chi connectivity index (χ4n) is 4.73. The van der Waals surface area contributed by atoms with Crippen LogP contribution in [0.1, 0.15) is 22.3 Å². The predicted octanol–water partition coefficient (Wildman–Crippen LogP) is 3.07. The second kappa shape index (κ2) is 9.99. The monoisotopic (exact) mass is 578 g/mol. The van der Waals surface area contributed by atoms with E-state index in [0.717, 1.165) is 15.4 Å². The third-order valence-electron chi connectivity index (χ3n) is 6.46. The van der Waals surface area contributed by atoms with Gasteiger partial charge in [-0.15, -0.1) is 0 Å². The van der Waals surface area contributed by atoms with E-state index in [1.165, 1.54) is 36.4 Å². The van der Waals surface area contributed by atoms with Crippen molar-refractivity contribution in [3.8, 4) is 0 Å². The second-order valence-corrected chi connectivity index (χ2v) is 15.3. The Kier molecular flexibility index (Phi) is 7.38. The lowest BCUT2D eigenvalue weighted by molar-refractivity contribution is 0.184. The van der Waals surface area contributed by atoms with Crippen molar-refractivity contribution in [2.24, 2.45) is 0 Å². The van der Waals surface area contributed by atoms with Crippen molar-refractivity contribution >= 4 is 41.3 Å². The van der Waals surface area contributed by atoms with Gasteiger partial charge in [-0.25, -0.2) is 25.3 Å². The molecule has 1 aliphatic rings. The van der Waals surface area contributed by atoms with Gasteiger partial charge in [0.05, 0.1) is 39.1 Å². The van der Waals surface area contributed by atoms with Crippen LogP contribution in [-0.4, -0.2) is 54.0 Å².